The first kappa shape index (κ1) is 17.8. The van der Waals surface area contributed by atoms with E-state index in [2.05, 4.69) is 0 Å². The van der Waals surface area contributed by atoms with Crippen LogP contribution in [-0.2, 0) is 24.7 Å². The van der Waals surface area contributed by atoms with Crippen molar-refractivity contribution in [2.75, 3.05) is 6.61 Å². The second-order valence-corrected chi connectivity index (χ2v) is 7.01. The largest absolute Gasteiger partial charge is 0.464 e. The summed E-state index contributed by atoms with van der Waals surface area (Å²) in [7, 11) is 0. The van der Waals surface area contributed by atoms with Gasteiger partial charge in [0.25, 0.3) is 9.70 Å². The van der Waals surface area contributed by atoms with Crippen LogP contribution in [0, 0.1) is 0 Å². The number of halogens is 3. The molecule has 0 aromatic carbocycles. The number of esters is 1. The number of carbonyl (C=O) groups excluding carboxylic acids is 4. The number of nitrogens with one attached hydrogen (secondary N) is 1. The molecule has 23 heavy (non-hydrogen) atoms. The Labute approximate surface area is 145 Å². The maximum absolute atomic E-state index is 12.4. The van der Waals surface area contributed by atoms with E-state index in [1.54, 1.807) is 6.92 Å². The number of hydrogen-bond donors (Lipinski definition) is 1. The number of ketones is 1. The van der Waals surface area contributed by atoms with Gasteiger partial charge >= 0.3 is 5.97 Å². The second-order valence-electron chi connectivity index (χ2n) is 4.73. The van der Waals surface area contributed by atoms with Gasteiger partial charge in [0.2, 0.25) is 17.2 Å². The molecule has 1 aliphatic heterocycles. The molecule has 1 N–H and O–H groups in total. The molecule has 1 aliphatic rings. The van der Waals surface area contributed by atoms with Crippen LogP contribution in [0.15, 0.2) is 18.3 Å². The highest BCUT2D eigenvalue weighted by Crippen LogP contribution is 2.35. The van der Waals surface area contributed by atoms with Gasteiger partial charge in [0.1, 0.15) is 0 Å². The zero-order valence-corrected chi connectivity index (χ0v) is 14.0. The smallest absolute Gasteiger partial charge is 0.342 e. The number of Topliss-reactive ketones (excluding diaryl/α,β-unsaturated/α-hetero) is 1. The van der Waals surface area contributed by atoms with Crippen LogP contribution < -0.4 is 5.32 Å². The first-order chi connectivity index (χ1) is 10.6. The SMILES string of the molecule is CCOC(=O)C1(n2cccc2C(=O)C(Cl)(Cl)Cl)CC(=O)NC1=O. The first-order valence-electron chi connectivity index (χ1n) is 6.45. The van der Waals surface area contributed by atoms with Crippen molar-refractivity contribution in [3.63, 3.8) is 0 Å². The number of hydrogen-bond acceptors (Lipinski definition) is 5. The first-order valence-corrected chi connectivity index (χ1v) is 7.59. The molecule has 1 atom stereocenters. The number of imide groups is 1. The number of nitrogens with zero attached hydrogens (tertiary/aromatic N) is 1. The molecule has 0 spiro atoms. The minimum Gasteiger partial charge on any atom is -0.464 e. The number of ether oxygens (including phenoxy) is 1. The molecule has 1 saturated heterocycles. The predicted octanol–water partition coefficient (Wildman–Crippen LogP) is 1.35. The third kappa shape index (κ3) is 2.96. The van der Waals surface area contributed by atoms with E-state index in [1.807, 2.05) is 5.32 Å². The van der Waals surface area contributed by atoms with Gasteiger partial charge in [0, 0.05) is 6.20 Å². The molecule has 124 valence electrons. The number of rotatable bonds is 4. The lowest BCUT2D eigenvalue weighted by atomic mass is 9.96. The molecule has 0 bridgehead atoms. The van der Waals surface area contributed by atoms with E-state index in [-0.39, 0.29) is 12.3 Å². The van der Waals surface area contributed by atoms with E-state index >= 15 is 0 Å². The summed E-state index contributed by atoms with van der Waals surface area (Å²) < 4.78 is 3.63. The number of amides is 2. The molecule has 2 rings (SSSR count). The fraction of sp³-hybridized carbons (Fsp3) is 0.385. The Morgan fingerprint density at radius 3 is 2.52 bits per heavy atom. The molecule has 7 nitrogen and oxygen atoms in total. The van der Waals surface area contributed by atoms with E-state index in [1.165, 1.54) is 18.3 Å². The minimum absolute atomic E-state index is 0.0168. The maximum Gasteiger partial charge on any atom is 0.342 e. The normalized spacial score (nSPS) is 21.2. The van der Waals surface area contributed by atoms with Gasteiger partial charge in [-0.1, -0.05) is 34.8 Å². The molecule has 0 aliphatic carbocycles. The number of alkyl halides is 3. The second kappa shape index (κ2) is 6.14. The molecule has 0 radical (unpaired) electrons. The molecule has 1 fully saturated rings. The Bertz CT molecular complexity index is 694. The van der Waals surface area contributed by atoms with Crippen molar-refractivity contribution in [1.29, 1.82) is 0 Å². The highest BCUT2D eigenvalue weighted by molar-refractivity contribution is 6.77. The van der Waals surface area contributed by atoms with Crippen molar-refractivity contribution < 1.29 is 23.9 Å². The lowest BCUT2D eigenvalue weighted by Gasteiger charge is -2.27. The van der Waals surface area contributed by atoms with E-state index < -0.39 is 39.3 Å². The standard InChI is InChI=1S/C13H11Cl3N2O5/c1-2-23-11(22)12(6-8(19)17-10(12)21)18-5-3-4-7(18)9(20)13(14,15)16/h3-5H,2,6H2,1H3,(H,17,19,21). The van der Waals surface area contributed by atoms with Crippen molar-refractivity contribution in [2.45, 2.75) is 22.7 Å². The molecule has 2 heterocycles. The summed E-state index contributed by atoms with van der Waals surface area (Å²) in [4.78, 5) is 48.5. The topological polar surface area (TPSA) is 94.5 Å². The molecule has 0 saturated carbocycles. The number of aromatic nitrogens is 1. The average molecular weight is 382 g/mol. The molecule has 1 aromatic heterocycles. The summed E-state index contributed by atoms with van der Waals surface area (Å²) >= 11 is 16.8. The van der Waals surface area contributed by atoms with Crippen molar-refractivity contribution in [3.05, 3.63) is 24.0 Å². The lowest BCUT2D eigenvalue weighted by Crippen LogP contribution is -2.50. The summed E-state index contributed by atoms with van der Waals surface area (Å²) in [5.41, 5.74) is -2.25. The summed E-state index contributed by atoms with van der Waals surface area (Å²) in [5, 5.41) is 2.03. The van der Waals surface area contributed by atoms with Crippen molar-refractivity contribution in [2.24, 2.45) is 0 Å². The Balaban J connectivity index is 2.62. The van der Waals surface area contributed by atoms with Gasteiger partial charge in [-0.15, -0.1) is 0 Å². The molecule has 2 amide bonds. The van der Waals surface area contributed by atoms with Crippen LogP contribution in [0.1, 0.15) is 23.8 Å². The van der Waals surface area contributed by atoms with E-state index in [4.69, 9.17) is 39.5 Å². The van der Waals surface area contributed by atoms with E-state index in [9.17, 15) is 19.2 Å². The minimum atomic E-state index is -2.29. The van der Waals surface area contributed by atoms with Crippen LogP contribution in [0.2, 0.25) is 0 Å². The lowest BCUT2D eigenvalue weighted by molar-refractivity contribution is -0.157. The van der Waals surface area contributed by atoms with Crippen LogP contribution in [0.25, 0.3) is 0 Å². The van der Waals surface area contributed by atoms with Gasteiger partial charge in [0.15, 0.2) is 0 Å². The van der Waals surface area contributed by atoms with Crippen molar-refractivity contribution in [1.82, 2.24) is 9.88 Å². The Morgan fingerprint density at radius 2 is 2.04 bits per heavy atom. The van der Waals surface area contributed by atoms with Crippen molar-refractivity contribution in [3.8, 4) is 0 Å². The van der Waals surface area contributed by atoms with Crippen LogP contribution in [0.5, 0.6) is 0 Å². The number of carbonyl (C=O) groups is 4. The van der Waals surface area contributed by atoms with E-state index in [0.29, 0.717) is 0 Å². The summed E-state index contributed by atoms with van der Waals surface area (Å²) in [5.74, 6) is -3.50. The van der Waals surface area contributed by atoms with Crippen LogP contribution in [0.3, 0.4) is 0 Å². The Hall–Kier alpha value is -1.57. The van der Waals surface area contributed by atoms with Gasteiger partial charge in [-0.25, -0.2) is 4.79 Å². The highest BCUT2D eigenvalue weighted by atomic mass is 35.6. The van der Waals surface area contributed by atoms with Crippen molar-refractivity contribution >= 4 is 58.4 Å². The monoisotopic (exact) mass is 380 g/mol. The summed E-state index contributed by atoms with van der Waals surface area (Å²) in [6, 6.07) is 2.67. The fourth-order valence-corrected chi connectivity index (χ4v) is 2.63. The molecule has 10 heteroatoms. The Kier molecular flexibility index (Phi) is 4.75. The molecular formula is C13H11Cl3N2O5. The third-order valence-electron chi connectivity index (χ3n) is 3.31. The maximum atomic E-state index is 12.4. The molecule has 1 aromatic rings. The fourth-order valence-electron chi connectivity index (χ4n) is 2.34. The molecule has 1 unspecified atom stereocenters. The highest BCUT2D eigenvalue weighted by Gasteiger charge is 2.57. The Morgan fingerprint density at radius 1 is 1.39 bits per heavy atom. The third-order valence-corrected chi connectivity index (χ3v) is 3.82. The van der Waals surface area contributed by atoms with Gasteiger partial charge < -0.3 is 9.30 Å². The predicted molar refractivity (Wildman–Crippen MR) is 81.4 cm³/mol. The van der Waals surface area contributed by atoms with Crippen LogP contribution in [0.4, 0.5) is 0 Å². The van der Waals surface area contributed by atoms with Gasteiger partial charge in [-0.2, -0.15) is 0 Å². The average Bonchev–Trinajstić information content (AvgIpc) is 3.02. The zero-order valence-electron chi connectivity index (χ0n) is 11.8. The van der Waals surface area contributed by atoms with Gasteiger partial charge in [0.05, 0.1) is 18.7 Å². The quantitative estimate of drug-likeness (QED) is 0.279. The van der Waals surface area contributed by atoms with Gasteiger partial charge in [-0.05, 0) is 19.1 Å². The summed E-state index contributed by atoms with van der Waals surface area (Å²) in [6.07, 6.45) is 0.762. The molecular weight excluding hydrogens is 371 g/mol. The van der Waals surface area contributed by atoms with Gasteiger partial charge in [-0.3, -0.25) is 19.7 Å². The zero-order chi connectivity index (χ0) is 17.4. The van der Waals surface area contributed by atoms with E-state index in [0.717, 1.165) is 4.57 Å². The van der Waals surface area contributed by atoms with Crippen LogP contribution in [-0.4, -0.2) is 38.5 Å². The summed E-state index contributed by atoms with van der Waals surface area (Å²) in [6.45, 7) is 1.53. The van der Waals surface area contributed by atoms with Crippen LogP contribution >= 0.6 is 34.8 Å².